The Hall–Kier alpha value is -1.42. The molecule has 2 unspecified atom stereocenters. The number of nitrogens with zero attached hydrogens (tertiary/aromatic N) is 1. The zero-order chi connectivity index (χ0) is 14.5. The Morgan fingerprint density at radius 2 is 2.05 bits per heavy atom. The molecule has 3 nitrogen and oxygen atoms in total. The molecule has 0 saturated heterocycles. The average molecular weight is 278 g/mol. The number of hydrogen-bond acceptors (Lipinski definition) is 2. The molecule has 2 N–H and O–H groups in total. The third-order valence-corrected chi connectivity index (χ3v) is 4.17. The van der Waals surface area contributed by atoms with Gasteiger partial charge in [0.1, 0.15) is 5.82 Å². The maximum Gasteiger partial charge on any atom is 0.230 e. The van der Waals surface area contributed by atoms with Crippen LogP contribution in [0.4, 0.5) is 10.1 Å². The summed E-state index contributed by atoms with van der Waals surface area (Å²) in [6.07, 6.45) is 3.95. The molecule has 1 aromatic carbocycles. The Balaban J connectivity index is 2.18. The molecule has 2 atom stereocenters. The first kappa shape index (κ1) is 15.0. The van der Waals surface area contributed by atoms with Crippen LogP contribution in [0.1, 0.15) is 32.6 Å². The van der Waals surface area contributed by atoms with Crippen LogP contribution in [0.2, 0.25) is 0 Å². The Labute approximate surface area is 120 Å². The fraction of sp³-hybridized carbons (Fsp3) is 0.562. The van der Waals surface area contributed by atoms with Crippen LogP contribution < -0.4 is 10.6 Å². The number of benzene rings is 1. The van der Waals surface area contributed by atoms with Crippen molar-refractivity contribution < 1.29 is 9.18 Å². The number of nitrogens with two attached hydrogens (primary N) is 1. The summed E-state index contributed by atoms with van der Waals surface area (Å²) in [5.74, 6) is 0.408. The summed E-state index contributed by atoms with van der Waals surface area (Å²) >= 11 is 0. The number of halogens is 1. The molecule has 4 heteroatoms. The number of amides is 1. The van der Waals surface area contributed by atoms with Crippen LogP contribution in [0.5, 0.6) is 0 Å². The predicted octanol–water partition coefficient (Wildman–Crippen LogP) is 2.94. The normalized spacial score (nSPS) is 21.9. The van der Waals surface area contributed by atoms with Gasteiger partial charge in [-0.05, 0) is 56.0 Å². The Morgan fingerprint density at radius 1 is 1.35 bits per heavy atom. The van der Waals surface area contributed by atoms with E-state index in [0.29, 0.717) is 19.0 Å². The van der Waals surface area contributed by atoms with Crippen molar-refractivity contribution in [3.8, 4) is 0 Å². The first-order chi connectivity index (χ1) is 9.63. The summed E-state index contributed by atoms with van der Waals surface area (Å²) < 4.78 is 13.0. The molecule has 0 bridgehead atoms. The number of rotatable bonds is 5. The molecule has 0 radical (unpaired) electrons. The quantitative estimate of drug-likeness (QED) is 0.900. The van der Waals surface area contributed by atoms with Crippen molar-refractivity contribution in [3.63, 3.8) is 0 Å². The summed E-state index contributed by atoms with van der Waals surface area (Å²) in [5.41, 5.74) is 6.33. The Bertz CT molecular complexity index is 446. The van der Waals surface area contributed by atoms with Crippen LogP contribution in [-0.4, -0.2) is 19.0 Å². The Kier molecular flexibility index (Phi) is 5.12. The van der Waals surface area contributed by atoms with Gasteiger partial charge in [-0.2, -0.15) is 0 Å². The zero-order valence-electron chi connectivity index (χ0n) is 12.0. The van der Waals surface area contributed by atoms with Crippen molar-refractivity contribution in [3.05, 3.63) is 30.1 Å². The fourth-order valence-corrected chi connectivity index (χ4v) is 2.95. The highest BCUT2D eigenvalue weighted by molar-refractivity contribution is 5.95. The van der Waals surface area contributed by atoms with Gasteiger partial charge in [0.2, 0.25) is 5.91 Å². The number of carbonyl (C=O) groups excluding carboxylic acids is 1. The summed E-state index contributed by atoms with van der Waals surface area (Å²) in [4.78, 5) is 14.5. The van der Waals surface area contributed by atoms with E-state index in [9.17, 15) is 9.18 Å². The third-order valence-electron chi connectivity index (χ3n) is 4.17. The number of hydrogen-bond donors (Lipinski definition) is 1. The molecule has 1 saturated carbocycles. The van der Waals surface area contributed by atoms with Gasteiger partial charge >= 0.3 is 0 Å². The van der Waals surface area contributed by atoms with Crippen LogP contribution in [0.25, 0.3) is 0 Å². The minimum absolute atomic E-state index is 0.0952. The van der Waals surface area contributed by atoms with E-state index >= 15 is 0 Å². The fourth-order valence-electron chi connectivity index (χ4n) is 2.95. The molecule has 1 aliphatic carbocycles. The van der Waals surface area contributed by atoms with Gasteiger partial charge in [0, 0.05) is 18.2 Å². The molecule has 0 aliphatic heterocycles. The van der Waals surface area contributed by atoms with Gasteiger partial charge in [-0.1, -0.05) is 13.3 Å². The molecular weight excluding hydrogens is 255 g/mol. The maximum absolute atomic E-state index is 13.0. The van der Waals surface area contributed by atoms with Gasteiger partial charge in [0.05, 0.1) is 0 Å². The molecule has 0 spiro atoms. The lowest BCUT2D eigenvalue weighted by Gasteiger charge is -2.27. The zero-order valence-corrected chi connectivity index (χ0v) is 12.0. The van der Waals surface area contributed by atoms with E-state index in [1.165, 1.54) is 12.1 Å². The van der Waals surface area contributed by atoms with Gasteiger partial charge in [-0.25, -0.2) is 4.39 Å². The van der Waals surface area contributed by atoms with Crippen LogP contribution in [-0.2, 0) is 4.79 Å². The van der Waals surface area contributed by atoms with Crippen LogP contribution in [0.15, 0.2) is 24.3 Å². The minimum Gasteiger partial charge on any atom is -0.330 e. The first-order valence-electron chi connectivity index (χ1n) is 7.40. The van der Waals surface area contributed by atoms with E-state index in [2.05, 4.69) is 6.92 Å². The molecule has 0 aromatic heterocycles. The molecule has 110 valence electrons. The second kappa shape index (κ2) is 6.84. The van der Waals surface area contributed by atoms with Crippen molar-refractivity contribution in [2.24, 2.45) is 17.6 Å². The van der Waals surface area contributed by atoms with E-state index in [4.69, 9.17) is 5.73 Å². The summed E-state index contributed by atoms with van der Waals surface area (Å²) in [7, 11) is 0. The maximum atomic E-state index is 13.0. The number of carbonyl (C=O) groups is 1. The highest BCUT2D eigenvalue weighted by atomic mass is 19.1. The topological polar surface area (TPSA) is 46.3 Å². The van der Waals surface area contributed by atoms with Crippen molar-refractivity contribution in [2.75, 3.05) is 18.0 Å². The molecule has 0 heterocycles. The highest BCUT2D eigenvalue weighted by Gasteiger charge is 2.33. The van der Waals surface area contributed by atoms with Crippen molar-refractivity contribution >= 4 is 11.6 Å². The molecule has 2 rings (SSSR count). The minimum atomic E-state index is -0.283. The van der Waals surface area contributed by atoms with E-state index in [1.807, 2.05) is 0 Å². The lowest BCUT2D eigenvalue weighted by Crippen LogP contribution is -2.38. The standard InChI is InChI=1S/C16H23FN2O/c1-12-4-2-5-15(12)16(20)19(11-3-10-18)14-8-6-13(17)7-9-14/h6-9,12,15H,2-5,10-11,18H2,1H3. The van der Waals surface area contributed by atoms with E-state index in [-0.39, 0.29) is 17.6 Å². The van der Waals surface area contributed by atoms with Crippen LogP contribution in [0, 0.1) is 17.7 Å². The van der Waals surface area contributed by atoms with E-state index in [0.717, 1.165) is 31.4 Å². The van der Waals surface area contributed by atoms with Gasteiger partial charge < -0.3 is 10.6 Å². The highest BCUT2D eigenvalue weighted by Crippen LogP contribution is 2.33. The molecule has 1 fully saturated rings. The largest absolute Gasteiger partial charge is 0.330 e. The second-order valence-corrected chi connectivity index (χ2v) is 5.62. The third kappa shape index (κ3) is 3.37. The molecular formula is C16H23FN2O. The molecule has 1 aromatic rings. The van der Waals surface area contributed by atoms with Gasteiger partial charge in [0.15, 0.2) is 0 Å². The predicted molar refractivity (Wildman–Crippen MR) is 78.9 cm³/mol. The molecule has 20 heavy (non-hydrogen) atoms. The molecule has 1 amide bonds. The number of anilines is 1. The van der Waals surface area contributed by atoms with Crippen molar-refractivity contribution in [1.29, 1.82) is 0 Å². The first-order valence-corrected chi connectivity index (χ1v) is 7.40. The van der Waals surface area contributed by atoms with Crippen molar-refractivity contribution in [1.82, 2.24) is 0 Å². The van der Waals surface area contributed by atoms with Crippen molar-refractivity contribution in [2.45, 2.75) is 32.6 Å². The van der Waals surface area contributed by atoms with Gasteiger partial charge in [-0.3, -0.25) is 4.79 Å². The summed E-state index contributed by atoms with van der Waals surface area (Å²) in [6, 6.07) is 6.14. The summed E-state index contributed by atoms with van der Waals surface area (Å²) in [6.45, 7) is 3.29. The summed E-state index contributed by atoms with van der Waals surface area (Å²) in [5, 5.41) is 0. The lowest BCUT2D eigenvalue weighted by molar-refractivity contribution is -0.123. The van der Waals surface area contributed by atoms with Crippen LogP contribution in [0.3, 0.4) is 0 Å². The molecule has 1 aliphatic rings. The monoisotopic (exact) mass is 278 g/mol. The van der Waals surface area contributed by atoms with Crippen LogP contribution >= 0.6 is 0 Å². The second-order valence-electron chi connectivity index (χ2n) is 5.62. The lowest BCUT2D eigenvalue weighted by atomic mass is 9.96. The van der Waals surface area contributed by atoms with Gasteiger partial charge in [0.25, 0.3) is 0 Å². The van der Waals surface area contributed by atoms with Gasteiger partial charge in [-0.15, -0.1) is 0 Å². The Morgan fingerprint density at radius 3 is 2.60 bits per heavy atom. The van der Waals surface area contributed by atoms with E-state index < -0.39 is 0 Å². The average Bonchev–Trinajstić information content (AvgIpc) is 2.87. The van der Waals surface area contributed by atoms with E-state index in [1.54, 1.807) is 17.0 Å². The SMILES string of the molecule is CC1CCCC1C(=O)N(CCCN)c1ccc(F)cc1. The smallest absolute Gasteiger partial charge is 0.230 e.